The minimum atomic E-state index is 0.0385. The predicted octanol–water partition coefficient (Wildman–Crippen LogP) is 3.21. The van der Waals surface area contributed by atoms with E-state index in [1.807, 2.05) is 6.07 Å². The lowest BCUT2D eigenvalue weighted by atomic mass is 10.00. The van der Waals surface area contributed by atoms with Crippen LogP contribution in [-0.4, -0.2) is 58.8 Å². The van der Waals surface area contributed by atoms with E-state index in [0.29, 0.717) is 12.3 Å². The summed E-state index contributed by atoms with van der Waals surface area (Å²) in [7, 11) is 0. The Bertz CT molecular complexity index is 796. The van der Waals surface area contributed by atoms with Crippen molar-refractivity contribution in [2.75, 3.05) is 36.9 Å². The second-order valence-corrected chi connectivity index (χ2v) is 10.1. The topological polar surface area (TPSA) is 72.3 Å². The highest BCUT2D eigenvalue weighted by molar-refractivity contribution is 7.99. The van der Waals surface area contributed by atoms with E-state index in [2.05, 4.69) is 43.4 Å². The van der Waals surface area contributed by atoms with Gasteiger partial charge in [-0.2, -0.15) is 0 Å². The molecule has 4 rings (SSSR count). The van der Waals surface area contributed by atoms with Crippen molar-refractivity contribution < 1.29 is 9.53 Å². The first-order valence-electron chi connectivity index (χ1n) is 10.9. The first-order valence-corrected chi connectivity index (χ1v) is 12.8. The fourth-order valence-corrected chi connectivity index (χ4v) is 5.42. The van der Waals surface area contributed by atoms with Gasteiger partial charge in [0.15, 0.2) is 5.16 Å². The van der Waals surface area contributed by atoms with Gasteiger partial charge in [-0.05, 0) is 49.5 Å². The average molecular weight is 450 g/mol. The van der Waals surface area contributed by atoms with Crippen molar-refractivity contribution in [1.82, 2.24) is 20.1 Å². The normalized spacial score (nSPS) is 20.0. The van der Waals surface area contributed by atoms with Crippen molar-refractivity contribution in [3.05, 3.63) is 22.4 Å². The lowest BCUT2D eigenvalue weighted by Crippen LogP contribution is -2.35. The smallest absolute Gasteiger partial charge is 0.230 e. The van der Waals surface area contributed by atoms with Gasteiger partial charge in [-0.15, -0.1) is 21.5 Å². The second-order valence-electron chi connectivity index (χ2n) is 8.17. The molecule has 1 atom stereocenters. The number of hydrogen-bond acceptors (Lipinski definition) is 7. The molecular weight excluding hydrogens is 418 g/mol. The SMILES string of the molecule is CC1CCN(c2nnc(SCC(=O)NCCc3cccs3)n2CC2CCCO2)CC1. The molecule has 30 heavy (non-hydrogen) atoms. The molecule has 1 N–H and O–H groups in total. The maximum atomic E-state index is 12.3. The van der Waals surface area contributed by atoms with E-state index in [-0.39, 0.29) is 12.0 Å². The van der Waals surface area contributed by atoms with Crippen LogP contribution >= 0.6 is 23.1 Å². The summed E-state index contributed by atoms with van der Waals surface area (Å²) in [5, 5.41) is 14.8. The summed E-state index contributed by atoms with van der Waals surface area (Å²) in [6, 6.07) is 4.14. The van der Waals surface area contributed by atoms with Crippen molar-refractivity contribution in [2.24, 2.45) is 5.92 Å². The van der Waals surface area contributed by atoms with Crippen LogP contribution in [0.15, 0.2) is 22.7 Å². The highest BCUT2D eigenvalue weighted by Crippen LogP contribution is 2.28. The van der Waals surface area contributed by atoms with Crippen LogP contribution in [0, 0.1) is 5.92 Å². The van der Waals surface area contributed by atoms with E-state index in [1.54, 1.807) is 11.3 Å². The van der Waals surface area contributed by atoms with E-state index in [0.717, 1.165) is 62.5 Å². The van der Waals surface area contributed by atoms with Crippen LogP contribution in [0.5, 0.6) is 0 Å². The van der Waals surface area contributed by atoms with Gasteiger partial charge in [0.2, 0.25) is 11.9 Å². The van der Waals surface area contributed by atoms with Crippen LogP contribution < -0.4 is 10.2 Å². The molecule has 1 unspecified atom stereocenters. The van der Waals surface area contributed by atoms with Crippen LogP contribution in [-0.2, 0) is 22.5 Å². The fraction of sp³-hybridized carbons (Fsp3) is 0.667. The predicted molar refractivity (Wildman–Crippen MR) is 121 cm³/mol. The monoisotopic (exact) mass is 449 g/mol. The van der Waals surface area contributed by atoms with Crippen LogP contribution in [0.1, 0.15) is 37.5 Å². The third-order valence-electron chi connectivity index (χ3n) is 5.78. The molecule has 2 fully saturated rings. The van der Waals surface area contributed by atoms with Crippen molar-refractivity contribution in [3.8, 4) is 0 Å². The van der Waals surface area contributed by atoms with Crippen molar-refractivity contribution in [3.63, 3.8) is 0 Å². The van der Waals surface area contributed by atoms with Gasteiger partial charge in [0.05, 0.1) is 18.4 Å². The zero-order chi connectivity index (χ0) is 20.8. The summed E-state index contributed by atoms with van der Waals surface area (Å²) >= 11 is 3.19. The van der Waals surface area contributed by atoms with E-state index >= 15 is 0 Å². The van der Waals surface area contributed by atoms with E-state index in [1.165, 1.54) is 29.5 Å². The lowest BCUT2D eigenvalue weighted by Gasteiger charge is -2.31. The molecule has 4 heterocycles. The van der Waals surface area contributed by atoms with E-state index < -0.39 is 0 Å². The van der Waals surface area contributed by atoms with Crippen LogP contribution in [0.3, 0.4) is 0 Å². The van der Waals surface area contributed by atoms with Crippen molar-refractivity contribution in [2.45, 2.75) is 56.8 Å². The molecule has 2 aromatic heterocycles. The number of ether oxygens (including phenoxy) is 1. The standard InChI is InChI=1S/C21H31N5O2S2/c1-16-7-10-25(11-8-16)20-23-24-21(26(20)14-17-4-2-12-28-17)30-15-19(27)22-9-6-18-5-3-13-29-18/h3,5,13,16-17H,2,4,6-12,14-15H2,1H3,(H,22,27). The molecule has 164 valence electrons. The lowest BCUT2D eigenvalue weighted by molar-refractivity contribution is -0.118. The Hall–Kier alpha value is -1.58. The van der Waals surface area contributed by atoms with Gasteiger partial charge in [0.1, 0.15) is 0 Å². The molecule has 0 saturated carbocycles. The Kier molecular flexibility index (Phi) is 7.67. The van der Waals surface area contributed by atoms with E-state index in [4.69, 9.17) is 4.74 Å². The highest BCUT2D eigenvalue weighted by Gasteiger charge is 2.26. The van der Waals surface area contributed by atoms with Gasteiger partial charge >= 0.3 is 0 Å². The molecule has 2 aliphatic heterocycles. The first-order chi connectivity index (χ1) is 14.7. The minimum absolute atomic E-state index is 0.0385. The molecule has 7 nitrogen and oxygen atoms in total. The molecule has 0 aliphatic carbocycles. The highest BCUT2D eigenvalue weighted by atomic mass is 32.2. The molecule has 1 amide bonds. The van der Waals surface area contributed by atoms with E-state index in [9.17, 15) is 4.79 Å². The van der Waals surface area contributed by atoms with Gasteiger partial charge in [-0.25, -0.2) is 0 Å². The molecule has 0 aromatic carbocycles. The van der Waals surface area contributed by atoms with Crippen LogP contribution in [0.4, 0.5) is 5.95 Å². The van der Waals surface area contributed by atoms with Crippen LogP contribution in [0.25, 0.3) is 0 Å². The Morgan fingerprint density at radius 2 is 2.20 bits per heavy atom. The number of carbonyl (C=O) groups excluding carboxylic acids is 1. The number of anilines is 1. The molecule has 2 aromatic rings. The van der Waals surface area contributed by atoms with Gasteiger partial charge in [0, 0.05) is 31.1 Å². The van der Waals surface area contributed by atoms with Crippen molar-refractivity contribution in [1.29, 1.82) is 0 Å². The zero-order valence-electron chi connectivity index (χ0n) is 17.6. The number of thioether (sulfide) groups is 1. The number of amides is 1. The summed E-state index contributed by atoms with van der Waals surface area (Å²) in [4.78, 5) is 16.0. The summed E-state index contributed by atoms with van der Waals surface area (Å²) in [6.45, 7) is 6.60. The maximum absolute atomic E-state index is 12.3. The molecule has 0 spiro atoms. The number of hydrogen-bond donors (Lipinski definition) is 1. The van der Waals surface area contributed by atoms with Crippen molar-refractivity contribution >= 4 is 35.0 Å². The quantitative estimate of drug-likeness (QED) is 0.593. The largest absolute Gasteiger partial charge is 0.376 e. The molecule has 0 bridgehead atoms. The maximum Gasteiger partial charge on any atom is 0.230 e. The number of nitrogens with zero attached hydrogens (tertiary/aromatic N) is 4. The zero-order valence-corrected chi connectivity index (χ0v) is 19.2. The number of rotatable bonds is 9. The average Bonchev–Trinajstić information content (AvgIpc) is 3.50. The third-order valence-corrected chi connectivity index (χ3v) is 7.68. The fourth-order valence-electron chi connectivity index (χ4n) is 3.94. The number of aromatic nitrogens is 3. The molecule has 9 heteroatoms. The Morgan fingerprint density at radius 3 is 2.93 bits per heavy atom. The minimum Gasteiger partial charge on any atom is -0.376 e. The van der Waals surface area contributed by atoms with Gasteiger partial charge < -0.3 is 15.0 Å². The van der Waals surface area contributed by atoms with Crippen LogP contribution in [0.2, 0.25) is 0 Å². The van der Waals surface area contributed by atoms with Gasteiger partial charge in [-0.3, -0.25) is 9.36 Å². The van der Waals surface area contributed by atoms with Gasteiger partial charge in [0.25, 0.3) is 0 Å². The summed E-state index contributed by atoms with van der Waals surface area (Å²) in [6.07, 6.45) is 5.63. The van der Waals surface area contributed by atoms with Gasteiger partial charge in [-0.1, -0.05) is 24.8 Å². The Balaban J connectivity index is 1.35. The first kappa shape index (κ1) is 21.6. The molecule has 0 radical (unpaired) electrons. The number of nitrogens with one attached hydrogen (secondary N) is 1. The molecule has 2 saturated heterocycles. The Labute approximate surface area is 186 Å². The second kappa shape index (κ2) is 10.6. The Morgan fingerprint density at radius 1 is 1.33 bits per heavy atom. The number of thiophene rings is 1. The number of carbonyl (C=O) groups is 1. The summed E-state index contributed by atoms with van der Waals surface area (Å²) in [5.74, 6) is 2.09. The third kappa shape index (κ3) is 5.76. The summed E-state index contributed by atoms with van der Waals surface area (Å²) in [5.41, 5.74) is 0. The summed E-state index contributed by atoms with van der Waals surface area (Å²) < 4.78 is 8.05. The molecular formula is C21H31N5O2S2. The molecule has 2 aliphatic rings. The number of piperidine rings is 1.